The van der Waals surface area contributed by atoms with E-state index in [0.29, 0.717) is 13.0 Å². The number of carbonyl (C=O) groups excluding carboxylic acids is 1. The van der Waals surface area contributed by atoms with Crippen molar-refractivity contribution in [2.24, 2.45) is 0 Å². The summed E-state index contributed by atoms with van der Waals surface area (Å²) in [6.07, 6.45) is 2.78. The third-order valence-corrected chi connectivity index (χ3v) is 3.74. The van der Waals surface area contributed by atoms with Crippen LogP contribution in [0.4, 0.5) is 11.4 Å². The fourth-order valence-corrected chi connectivity index (χ4v) is 2.71. The normalized spacial score (nSPS) is 14.6. The maximum absolute atomic E-state index is 12.3. The van der Waals surface area contributed by atoms with E-state index in [4.69, 9.17) is 5.73 Å². The number of benzene rings is 1. The fraction of sp³-hybridized carbons (Fsp3) is 0.400. The highest BCUT2D eigenvalue weighted by Gasteiger charge is 2.26. The molecule has 0 saturated heterocycles. The van der Waals surface area contributed by atoms with Gasteiger partial charge in [-0.3, -0.25) is 4.79 Å². The van der Waals surface area contributed by atoms with Crippen LogP contribution in [0.5, 0.6) is 0 Å². The van der Waals surface area contributed by atoms with Gasteiger partial charge in [-0.25, -0.2) is 9.67 Å². The number of nitrogens with zero attached hydrogens (tertiary/aromatic N) is 4. The number of amides is 1. The lowest BCUT2D eigenvalue weighted by Crippen LogP contribution is -2.35. The van der Waals surface area contributed by atoms with Crippen LogP contribution in [0.25, 0.3) is 0 Å². The van der Waals surface area contributed by atoms with Gasteiger partial charge in [0, 0.05) is 23.8 Å². The lowest BCUT2D eigenvalue weighted by molar-refractivity contribution is -0.119. The number of nitrogen functional groups attached to an aromatic ring is 1. The zero-order valence-electron chi connectivity index (χ0n) is 12.3. The molecular weight excluding hydrogens is 266 g/mol. The molecule has 0 spiro atoms. The average Bonchev–Trinajstić information content (AvgIpc) is 2.90. The molecule has 0 aliphatic carbocycles. The SMILES string of the molecule is CC(C)n1ncnc1CN1C(=O)CCc2cc(N)ccc21. The molecule has 0 fully saturated rings. The first kappa shape index (κ1) is 13.6. The Morgan fingerprint density at radius 1 is 1.33 bits per heavy atom. The van der Waals surface area contributed by atoms with Crippen LogP contribution in [0.3, 0.4) is 0 Å². The van der Waals surface area contributed by atoms with Gasteiger partial charge in [0.25, 0.3) is 0 Å². The Bertz CT molecular complexity index is 676. The highest BCUT2D eigenvalue weighted by Crippen LogP contribution is 2.30. The van der Waals surface area contributed by atoms with E-state index in [-0.39, 0.29) is 11.9 Å². The lowest BCUT2D eigenvalue weighted by atomic mass is 10.0. The predicted molar refractivity (Wildman–Crippen MR) is 80.8 cm³/mol. The topological polar surface area (TPSA) is 77.0 Å². The summed E-state index contributed by atoms with van der Waals surface area (Å²) in [4.78, 5) is 18.4. The van der Waals surface area contributed by atoms with Gasteiger partial charge in [-0.15, -0.1) is 0 Å². The smallest absolute Gasteiger partial charge is 0.227 e. The van der Waals surface area contributed by atoms with Crippen molar-refractivity contribution in [3.05, 3.63) is 35.9 Å². The van der Waals surface area contributed by atoms with E-state index in [9.17, 15) is 4.79 Å². The largest absolute Gasteiger partial charge is 0.399 e. The van der Waals surface area contributed by atoms with E-state index in [2.05, 4.69) is 10.1 Å². The van der Waals surface area contributed by atoms with Crippen molar-refractivity contribution in [2.45, 2.75) is 39.3 Å². The van der Waals surface area contributed by atoms with E-state index in [1.807, 2.05) is 36.7 Å². The van der Waals surface area contributed by atoms with E-state index in [0.717, 1.165) is 29.2 Å². The Kier molecular flexibility index (Phi) is 3.37. The van der Waals surface area contributed by atoms with Gasteiger partial charge in [0.05, 0.1) is 6.54 Å². The summed E-state index contributed by atoms with van der Waals surface area (Å²) < 4.78 is 1.85. The maximum atomic E-state index is 12.3. The molecule has 110 valence electrons. The zero-order valence-corrected chi connectivity index (χ0v) is 12.3. The van der Waals surface area contributed by atoms with Crippen molar-refractivity contribution in [3.63, 3.8) is 0 Å². The van der Waals surface area contributed by atoms with Crippen LogP contribution in [0, 0.1) is 0 Å². The fourth-order valence-electron chi connectivity index (χ4n) is 2.71. The second-order valence-corrected chi connectivity index (χ2v) is 5.58. The van der Waals surface area contributed by atoms with Crippen LogP contribution in [0.15, 0.2) is 24.5 Å². The number of anilines is 2. The number of carbonyl (C=O) groups is 1. The van der Waals surface area contributed by atoms with E-state index >= 15 is 0 Å². The molecule has 21 heavy (non-hydrogen) atoms. The van der Waals surface area contributed by atoms with Gasteiger partial charge in [0.2, 0.25) is 5.91 Å². The van der Waals surface area contributed by atoms with Crippen molar-refractivity contribution >= 4 is 17.3 Å². The number of aromatic nitrogens is 3. The molecule has 6 nitrogen and oxygen atoms in total. The third kappa shape index (κ3) is 2.49. The molecule has 6 heteroatoms. The summed E-state index contributed by atoms with van der Waals surface area (Å²) in [7, 11) is 0. The monoisotopic (exact) mass is 285 g/mol. The second kappa shape index (κ2) is 5.20. The van der Waals surface area contributed by atoms with Crippen molar-refractivity contribution in [1.29, 1.82) is 0 Å². The highest BCUT2D eigenvalue weighted by atomic mass is 16.2. The molecule has 1 aromatic carbocycles. The lowest BCUT2D eigenvalue weighted by Gasteiger charge is -2.29. The molecule has 0 atom stereocenters. The van der Waals surface area contributed by atoms with Crippen LogP contribution in [-0.4, -0.2) is 20.7 Å². The number of fused-ring (bicyclic) bond motifs is 1. The van der Waals surface area contributed by atoms with Gasteiger partial charge in [0.15, 0.2) is 0 Å². The first-order valence-corrected chi connectivity index (χ1v) is 7.13. The molecular formula is C15H19N5O. The van der Waals surface area contributed by atoms with Crippen LogP contribution < -0.4 is 10.6 Å². The second-order valence-electron chi connectivity index (χ2n) is 5.58. The van der Waals surface area contributed by atoms with Crippen LogP contribution in [-0.2, 0) is 17.8 Å². The molecule has 2 aromatic rings. The summed E-state index contributed by atoms with van der Waals surface area (Å²) in [5.41, 5.74) is 8.61. The minimum atomic E-state index is 0.116. The van der Waals surface area contributed by atoms with Crippen LogP contribution in [0.1, 0.15) is 37.7 Å². The molecule has 2 heterocycles. The van der Waals surface area contributed by atoms with Gasteiger partial charge in [-0.2, -0.15) is 5.10 Å². The van der Waals surface area contributed by atoms with Crippen molar-refractivity contribution in [1.82, 2.24) is 14.8 Å². The number of aryl methyl sites for hydroxylation is 1. The Balaban J connectivity index is 1.95. The summed E-state index contributed by atoms with van der Waals surface area (Å²) in [5, 5.41) is 4.22. The van der Waals surface area contributed by atoms with Gasteiger partial charge < -0.3 is 10.6 Å². The van der Waals surface area contributed by atoms with Gasteiger partial charge in [-0.05, 0) is 44.0 Å². The molecule has 1 aliphatic heterocycles. The third-order valence-electron chi connectivity index (χ3n) is 3.74. The first-order chi connectivity index (χ1) is 10.1. The first-order valence-electron chi connectivity index (χ1n) is 7.13. The Hall–Kier alpha value is -2.37. The number of hydrogen-bond acceptors (Lipinski definition) is 4. The van der Waals surface area contributed by atoms with Crippen molar-refractivity contribution in [3.8, 4) is 0 Å². The van der Waals surface area contributed by atoms with E-state index in [1.165, 1.54) is 6.33 Å². The zero-order chi connectivity index (χ0) is 15.0. The summed E-state index contributed by atoms with van der Waals surface area (Å²) >= 11 is 0. The quantitative estimate of drug-likeness (QED) is 0.874. The molecule has 0 radical (unpaired) electrons. The Morgan fingerprint density at radius 3 is 2.90 bits per heavy atom. The average molecular weight is 285 g/mol. The number of nitrogens with two attached hydrogens (primary N) is 1. The number of hydrogen-bond donors (Lipinski definition) is 1. The van der Waals surface area contributed by atoms with Gasteiger partial charge in [0.1, 0.15) is 12.2 Å². The molecule has 3 rings (SSSR count). The molecule has 0 saturated carbocycles. The standard InChI is InChI=1S/C15H19N5O/c1-10(2)20-14(17-9-18-20)8-19-13-5-4-12(16)7-11(13)3-6-15(19)21/h4-5,7,9-10H,3,6,8,16H2,1-2H3. The summed E-state index contributed by atoms with van der Waals surface area (Å²) in [6.45, 7) is 4.53. The molecule has 2 N–H and O–H groups in total. The highest BCUT2D eigenvalue weighted by molar-refractivity contribution is 5.96. The maximum Gasteiger partial charge on any atom is 0.227 e. The Labute approximate surface area is 123 Å². The van der Waals surface area contributed by atoms with Gasteiger partial charge in [-0.1, -0.05) is 0 Å². The van der Waals surface area contributed by atoms with Crippen LogP contribution >= 0.6 is 0 Å². The molecule has 1 aliphatic rings. The predicted octanol–water partition coefficient (Wildman–Crippen LogP) is 1.92. The van der Waals surface area contributed by atoms with Gasteiger partial charge >= 0.3 is 0 Å². The molecule has 0 bridgehead atoms. The number of rotatable bonds is 3. The van der Waals surface area contributed by atoms with E-state index < -0.39 is 0 Å². The summed E-state index contributed by atoms with van der Waals surface area (Å²) in [6, 6.07) is 5.91. The van der Waals surface area contributed by atoms with E-state index in [1.54, 1.807) is 4.90 Å². The summed E-state index contributed by atoms with van der Waals surface area (Å²) in [5.74, 6) is 0.911. The Morgan fingerprint density at radius 2 is 2.14 bits per heavy atom. The van der Waals surface area contributed by atoms with Crippen LogP contribution in [0.2, 0.25) is 0 Å². The molecule has 1 amide bonds. The molecule has 0 unspecified atom stereocenters. The minimum absolute atomic E-state index is 0.116. The van der Waals surface area contributed by atoms with Crippen molar-refractivity contribution < 1.29 is 4.79 Å². The molecule has 1 aromatic heterocycles. The van der Waals surface area contributed by atoms with Crippen molar-refractivity contribution in [2.75, 3.05) is 10.6 Å². The minimum Gasteiger partial charge on any atom is -0.399 e.